The molecule has 0 amide bonds. The molecule has 2 aromatic carbocycles. The number of hydrogen-bond donors (Lipinski definition) is 1. The first-order chi connectivity index (χ1) is 16.1. The van der Waals surface area contributed by atoms with Crippen molar-refractivity contribution in [2.75, 3.05) is 0 Å². The summed E-state index contributed by atoms with van der Waals surface area (Å²) in [6.07, 6.45) is 1.73. The Kier molecular flexibility index (Phi) is 6.51. The fraction of sp³-hybridized carbons (Fsp3) is 0.250. The molecule has 0 bridgehead atoms. The summed E-state index contributed by atoms with van der Waals surface area (Å²) in [7, 11) is -3.99. The van der Waals surface area contributed by atoms with Crippen molar-refractivity contribution >= 4 is 33.3 Å². The van der Waals surface area contributed by atoms with Gasteiger partial charge in [0.05, 0.1) is 10.6 Å². The summed E-state index contributed by atoms with van der Waals surface area (Å²) in [6, 6.07) is 7.76. The van der Waals surface area contributed by atoms with Crippen molar-refractivity contribution in [1.82, 2.24) is 4.83 Å². The lowest BCUT2D eigenvalue weighted by Crippen LogP contribution is -2.22. The molecule has 1 aromatic heterocycles. The second kappa shape index (κ2) is 9.23. The van der Waals surface area contributed by atoms with Crippen molar-refractivity contribution in [3.05, 3.63) is 81.0 Å². The lowest BCUT2D eigenvalue weighted by molar-refractivity contribution is 0.0698. The Balaban J connectivity index is 1.60. The normalized spacial score (nSPS) is 14.7. The molecule has 1 heterocycles. The molecule has 3 aromatic rings. The number of carbonyl (C=O) groups excluding carboxylic acids is 1. The summed E-state index contributed by atoms with van der Waals surface area (Å²) in [6.45, 7) is 5.34. The van der Waals surface area contributed by atoms with Gasteiger partial charge in [0, 0.05) is 22.6 Å². The predicted octanol–water partition coefficient (Wildman–Crippen LogP) is 5.24. The molecule has 1 aliphatic rings. The molecule has 178 valence electrons. The number of nitrogens with zero attached hydrogens (tertiary/aromatic N) is 1. The van der Waals surface area contributed by atoms with E-state index in [2.05, 4.69) is 9.93 Å². The molecule has 0 unspecified atom stereocenters. The topological polar surface area (TPSA) is 98.0 Å². The van der Waals surface area contributed by atoms with Crippen LogP contribution in [0.4, 0.5) is 4.39 Å². The molecule has 10 heteroatoms. The van der Waals surface area contributed by atoms with Crippen molar-refractivity contribution in [3.8, 4) is 5.75 Å². The summed E-state index contributed by atoms with van der Waals surface area (Å²) >= 11 is 6.18. The molecular weight excluding hydrogens is 483 g/mol. The van der Waals surface area contributed by atoms with Gasteiger partial charge in [-0.1, -0.05) is 11.6 Å². The number of nitrogens with one attached hydrogen (secondary N) is 1. The van der Waals surface area contributed by atoms with E-state index in [1.54, 1.807) is 19.1 Å². The molecule has 0 saturated carbocycles. The summed E-state index contributed by atoms with van der Waals surface area (Å²) in [5.74, 6) is -0.289. The largest absolute Gasteiger partial charge is 0.453 e. The third kappa shape index (κ3) is 4.71. The van der Waals surface area contributed by atoms with Crippen molar-refractivity contribution < 1.29 is 26.8 Å². The zero-order valence-electron chi connectivity index (χ0n) is 18.7. The van der Waals surface area contributed by atoms with Gasteiger partial charge in [-0.3, -0.25) is 0 Å². The zero-order chi connectivity index (χ0) is 24.6. The van der Waals surface area contributed by atoms with Crippen molar-refractivity contribution in [3.63, 3.8) is 0 Å². The molecule has 1 N–H and O–H groups in total. The van der Waals surface area contributed by atoms with E-state index >= 15 is 0 Å². The molecule has 0 saturated heterocycles. The Labute approximate surface area is 201 Å². The minimum absolute atomic E-state index is 0.0336. The fourth-order valence-corrected chi connectivity index (χ4v) is 4.81. The van der Waals surface area contributed by atoms with E-state index in [4.69, 9.17) is 20.8 Å². The molecule has 0 atom stereocenters. The van der Waals surface area contributed by atoms with Gasteiger partial charge >= 0.3 is 5.97 Å². The Hall–Kier alpha value is -3.17. The highest BCUT2D eigenvalue weighted by molar-refractivity contribution is 7.89. The van der Waals surface area contributed by atoms with E-state index in [1.165, 1.54) is 0 Å². The summed E-state index contributed by atoms with van der Waals surface area (Å²) in [5.41, 5.74) is 3.11. The third-order valence-corrected chi connectivity index (χ3v) is 7.38. The third-order valence-electron chi connectivity index (χ3n) is 5.56. The highest BCUT2D eigenvalue weighted by Gasteiger charge is 2.29. The van der Waals surface area contributed by atoms with Crippen LogP contribution in [0.15, 0.2) is 50.8 Å². The molecule has 34 heavy (non-hydrogen) atoms. The number of rotatable bonds is 5. The van der Waals surface area contributed by atoms with Crippen LogP contribution < -0.4 is 9.57 Å². The van der Waals surface area contributed by atoms with E-state index in [-0.39, 0.29) is 10.7 Å². The van der Waals surface area contributed by atoms with Crippen LogP contribution in [-0.2, 0) is 16.4 Å². The zero-order valence-corrected chi connectivity index (χ0v) is 20.3. The number of ether oxygens (including phenoxy) is 1. The highest BCUT2D eigenvalue weighted by atomic mass is 35.5. The van der Waals surface area contributed by atoms with Gasteiger partial charge in [0.15, 0.2) is 0 Å². The summed E-state index contributed by atoms with van der Waals surface area (Å²) < 4.78 is 49.5. The summed E-state index contributed by atoms with van der Waals surface area (Å²) in [4.78, 5) is 14.9. The summed E-state index contributed by atoms with van der Waals surface area (Å²) in [5, 5.41) is 4.71. The van der Waals surface area contributed by atoms with Crippen LogP contribution in [-0.4, -0.2) is 20.1 Å². The van der Waals surface area contributed by atoms with Crippen LogP contribution in [0.3, 0.4) is 0 Å². The second-order valence-corrected chi connectivity index (χ2v) is 10.1. The number of fused-ring (bicyclic) bond motifs is 1. The average molecular weight is 505 g/mol. The maximum atomic E-state index is 13.1. The van der Waals surface area contributed by atoms with Gasteiger partial charge in [-0.15, -0.1) is 0 Å². The molecule has 7 nitrogen and oxygen atoms in total. The lowest BCUT2D eigenvalue weighted by atomic mass is 9.93. The van der Waals surface area contributed by atoms with Crippen LogP contribution in [0.5, 0.6) is 5.75 Å². The van der Waals surface area contributed by atoms with Crippen LogP contribution in [0.25, 0.3) is 0 Å². The van der Waals surface area contributed by atoms with Crippen LogP contribution in [0.2, 0.25) is 5.02 Å². The number of carbonyl (C=O) groups is 1. The number of aryl methyl sites for hydroxylation is 3. The smallest absolute Gasteiger partial charge is 0.379 e. The van der Waals surface area contributed by atoms with Crippen LogP contribution in [0.1, 0.15) is 51.4 Å². The number of halogens is 2. The first-order valence-electron chi connectivity index (χ1n) is 10.5. The van der Waals surface area contributed by atoms with Crippen molar-refractivity contribution in [1.29, 1.82) is 0 Å². The predicted molar refractivity (Wildman–Crippen MR) is 126 cm³/mol. The van der Waals surface area contributed by atoms with Gasteiger partial charge in [-0.25, -0.2) is 9.18 Å². The second-order valence-electron chi connectivity index (χ2n) is 8.08. The quantitative estimate of drug-likeness (QED) is 0.291. The number of hydrogen-bond acceptors (Lipinski definition) is 6. The molecular formula is C24H22ClFN2O5S. The molecule has 4 rings (SSSR count). The van der Waals surface area contributed by atoms with Gasteiger partial charge in [-0.2, -0.15) is 18.4 Å². The van der Waals surface area contributed by atoms with Crippen LogP contribution >= 0.6 is 11.6 Å². The first kappa shape index (κ1) is 24.0. The number of sulfonamides is 1. The SMILES string of the molecule is Cc1cc(OC(=O)c2oc3c(c2C)/C(=N/NS(=O)(=O)c2ccc(F)cc2)CCC3)cc(C)c1Cl. The Morgan fingerprint density at radius 3 is 2.41 bits per heavy atom. The van der Waals surface area contributed by atoms with Gasteiger partial charge in [0.25, 0.3) is 10.0 Å². The molecule has 0 fully saturated rings. The minimum atomic E-state index is -3.99. The number of benzene rings is 2. The monoisotopic (exact) mass is 504 g/mol. The van der Waals surface area contributed by atoms with Gasteiger partial charge in [0.1, 0.15) is 17.3 Å². The number of furan rings is 1. The minimum Gasteiger partial charge on any atom is -0.453 e. The molecule has 1 aliphatic carbocycles. The lowest BCUT2D eigenvalue weighted by Gasteiger charge is -2.14. The molecule has 0 aliphatic heterocycles. The van der Waals surface area contributed by atoms with Crippen molar-refractivity contribution in [2.24, 2.45) is 5.10 Å². The van der Waals surface area contributed by atoms with E-state index in [0.29, 0.717) is 52.6 Å². The van der Waals surface area contributed by atoms with Gasteiger partial charge in [-0.05, 0) is 81.1 Å². The van der Waals surface area contributed by atoms with E-state index in [1.807, 2.05) is 13.8 Å². The fourth-order valence-electron chi connectivity index (χ4n) is 3.87. The average Bonchev–Trinajstić information content (AvgIpc) is 3.13. The number of esters is 1. The van der Waals surface area contributed by atoms with Gasteiger partial charge in [0.2, 0.25) is 5.76 Å². The van der Waals surface area contributed by atoms with Gasteiger partial charge < -0.3 is 9.15 Å². The van der Waals surface area contributed by atoms with Crippen molar-refractivity contribution in [2.45, 2.75) is 44.9 Å². The van der Waals surface area contributed by atoms with E-state index in [0.717, 1.165) is 35.4 Å². The molecule has 0 spiro atoms. The maximum Gasteiger partial charge on any atom is 0.379 e. The Bertz CT molecular complexity index is 1390. The molecule has 0 radical (unpaired) electrons. The van der Waals surface area contributed by atoms with E-state index < -0.39 is 21.8 Å². The highest BCUT2D eigenvalue weighted by Crippen LogP contribution is 2.32. The Morgan fingerprint density at radius 1 is 1.12 bits per heavy atom. The Morgan fingerprint density at radius 2 is 1.76 bits per heavy atom. The number of hydrazone groups is 1. The van der Waals surface area contributed by atoms with Crippen LogP contribution in [0, 0.1) is 26.6 Å². The standard InChI is InChI=1S/C24H22ClFN2O5S/c1-13-11-17(12-14(2)22(13)25)32-24(29)23-15(3)21-19(5-4-6-20(21)33-23)27-28-34(30,31)18-9-7-16(26)8-10-18/h7-12,28H,4-6H2,1-3H3/b27-19+. The maximum absolute atomic E-state index is 13.1. The van der Waals surface area contributed by atoms with E-state index in [9.17, 15) is 17.6 Å². The first-order valence-corrected chi connectivity index (χ1v) is 12.4.